The zero-order chi connectivity index (χ0) is 21.0. The lowest BCUT2D eigenvalue weighted by Gasteiger charge is -2.21. The van der Waals surface area contributed by atoms with Gasteiger partial charge in [-0.05, 0) is 38.0 Å². The van der Waals surface area contributed by atoms with Gasteiger partial charge < -0.3 is 14.6 Å². The summed E-state index contributed by atoms with van der Waals surface area (Å²) in [6.45, 7) is 1.86. The van der Waals surface area contributed by atoms with Crippen molar-refractivity contribution in [2.45, 2.75) is 26.2 Å². The Labute approximate surface area is 175 Å². The van der Waals surface area contributed by atoms with Crippen molar-refractivity contribution in [2.75, 3.05) is 0 Å². The van der Waals surface area contributed by atoms with Gasteiger partial charge in [0.1, 0.15) is 0 Å². The maximum Gasteiger partial charge on any atom is 0.356 e. The van der Waals surface area contributed by atoms with Gasteiger partial charge in [-0.3, -0.25) is 4.79 Å². The molecule has 1 aromatic carbocycles. The molecule has 1 aliphatic carbocycles. The number of ether oxygens (including phenoxy) is 1. The van der Waals surface area contributed by atoms with E-state index in [4.69, 9.17) is 21.2 Å². The van der Waals surface area contributed by atoms with E-state index in [0.717, 1.165) is 33.5 Å². The first-order valence-corrected chi connectivity index (χ1v) is 9.83. The Hall–Kier alpha value is -3.39. The maximum absolute atomic E-state index is 13.4. The van der Waals surface area contributed by atoms with Crippen LogP contribution in [0.5, 0.6) is 6.01 Å². The van der Waals surface area contributed by atoms with Crippen molar-refractivity contribution < 1.29 is 24.0 Å². The fraction of sp³-hybridized carbons (Fsp3) is 0.238. The number of nitrogens with one attached hydrogen (secondary N) is 1. The molecule has 1 N–H and O–H groups in total. The van der Waals surface area contributed by atoms with E-state index in [2.05, 4.69) is 9.97 Å². The van der Waals surface area contributed by atoms with Crippen LogP contribution in [0.2, 0.25) is 5.02 Å². The second-order valence-electron chi connectivity index (χ2n) is 7.37. The first-order chi connectivity index (χ1) is 14.4. The van der Waals surface area contributed by atoms with Crippen molar-refractivity contribution in [3.8, 4) is 6.01 Å². The molecule has 5 rings (SSSR count). The number of ketones is 1. The van der Waals surface area contributed by atoms with Crippen molar-refractivity contribution in [1.29, 1.82) is 0 Å². The first-order valence-electron chi connectivity index (χ1n) is 9.45. The van der Waals surface area contributed by atoms with Crippen LogP contribution in [-0.4, -0.2) is 32.4 Å². The Morgan fingerprint density at radius 2 is 2.07 bits per heavy atom. The standard InChI is InChI=1S/C21H16ClN3O5/c1-10-19(13-9-12(22)3-4-14(13)23-10)20(28)11-2-5-16-15(8-11)24-21-25(16)30-18(27)7-6-17(26)29-21/h3-4,6-7,9,11,23H,2,5,8H2,1H3/b7-6+. The number of aromatic nitrogens is 3. The Bertz CT molecular complexity index is 1270. The Morgan fingerprint density at radius 3 is 2.90 bits per heavy atom. The minimum atomic E-state index is -0.714. The monoisotopic (exact) mass is 425 g/mol. The predicted octanol–water partition coefficient (Wildman–Crippen LogP) is 2.74. The lowest BCUT2D eigenvalue weighted by atomic mass is 9.83. The summed E-state index contributed by atoms with van der Waals surface area (Å²) in [5.41, 5.74) is 3.47. The molecule has 0 saturated heterocycles. The van der Waals surface area contributed by atoms with E-state index < -0.39 is 11.9 Å². The summed E-state index contributed by atoms with van der Waals surface area (Å²) in [7, 11) is 0. The summed E-state index contributed by atoms with van der Waals surface area (Å²) in [6, 6.07) is 5.31. The van der Waals surface area contributed by atoms with E-state index in [9.17, 15) is 14.4 Å². The SMILES string of the molecule is Cc1[nH]c2ccc(Cl)cc2c1C(=O)C1CCc2c(nc3n2OC(=O)/C=C/C(=O)O3)C1. The second-order valence-corrected chi connectivity index (χ2v) is 7.80. The molecule has 2 aromatic heterocycles. The lowest BCUT2D eigenvalue weighted by Crippen LogP contribution is -2.28. The zero-order valence-corrected chi connectivity index (χ0v) is 16.7. The molecule has 1 unspecified atom stereocenters. The molecule has 1 atom stereocenters. The smallest absolute Gasteiger partial charge is 0.356 e. The molecule has 8 nitrogen and oxygen atoms in total. The first kappa shape index (κ1) is 18.6. The van der Waals surface area contributed by atoms with Crippen LogP contribution in [0, 0.1) is 12.8 Å². The molecule has 0 bridgehead atoms. The topological polar surface area (TPSA) is 103 Å². The highest BCUT2D eigenvalue weighted by atomic mass is 35.5. The number of hydrogen-bond acceptors (Lipinski definition) is 6. The van der Waals surface area contributed by atoms with Crippen LogP contribution in [-0.2, 0) is 22.4 Å². The van der Waals surface area contributed by atoms with Gasteiger partial charge in [-0.15, -0.1) is 4.73 Å². The number of carbonyl (C=O) groups is 3. The van der Waals surface area contributed by atoms with Crippen LogP contribution >= 0.6 is 11.6 Å². The number of Topliss-reactive ketones (excluding diaryl/α,β-unsaturated/α-hetero) is 1. The second kappa shape index (κ2) is 6.84. The third-order valence-electron chi connectivity index (χ3n) is 5.45. The largest absolute Gasteiger partial charge is 0.387 e. The Morgan fingerprint density at radius 1 is 1.27 bits per heavy atom. The molecule has 152 valence electrons. The normalized spacial score (nSPS) is 19.3. The van der Waals surface area contributed by atoms with Gasteiger partial charge in [0.05, 0.1) is 11.4 Å². The minimum absolute atomic E-state index is 0.00254. The lowest BCUT2D eigenvalue weighted by molar-refractivity contribution is -0.143. The third kappa shape index (κ3) is 3.00. The van der Waals surface area contributed by atoms with E-state index >= 15 is 0 Å². The summed E-state index contributed by atoms with van der Waals surface area (Å²) in [6.07, 6.45) is 3.33. The van der Waals surface area contributed by atoms with E-state index in [-0.39, 0.29) is 17.7 Å². The fourth-order valence-electron chi connectivity index (χ4n) is 4.10. The van der Waals surface area contributed by atoms with Crippen molar-refractivity contribution in [1.82, 2.24) is 14.7 Å². The highest BCUT2D eigenvalue weighted by Gasteiger charge is 2.34. The minimum Gasteiger partial charge on any atom is -0.387 e. The number of halogens is 1. The molecule has 0 spiro atoms. The van der Waals surface area contributed by atoms with E-state index in [1.54, 1.807) is 12.1 Å². The highest BCUT2D eigenvalue weighted by Crippen LogP contribution is 2.34. The number of benzene rings is 1. The molecule has 1 aliphatic heterocycles. The maximum atomic E-state index is 13.4. The van der Waals surface area contributed by atoms with Crippen molar-refractivity contribution in [3.05, 3.63) is 58.0 Å². The van der Waals surface area contributed by atoms with Gasteiger partial charge in [0.2, 0.25) is 0 Å². The molecule has 0 fully saturated rings. The van der Waals surface area contributed by atoms with Crippen molar-refractivity contribution in [3.63, 3.8) is 0 Å². The van der Waals surface area contributed by atoms with Crippen LogP contribution < -0.4 is 9.57 Å². The number of rotatable bonds is 2. The van der Waals surface area contributed by atoms with E-state index in [1.807, 2.05) is 13.0 Å². The summed E-state index contributed by atoms with van der Waals surface area (Å²) in [5, 5.41) is 1.36. The number of imidazole rings is 1. The van der Waals surface area contributed by atoms with Crippen LogP contribution in [0.15, 0.2) is 30.4 Å². The van der Waals surface area contributed by atoms with E-state index in [0.29, 0.717) is 41.2 Å². The number of nitrogens with zero attached hydrogens (tertiary/aromatic N) is 2. The van der Waals surface area contributed by atoms with Gasteiger partial charge in [0.15, 0.2) is 5.78 Å². The van der Waals surface area contributed by atoms with Gasteiger partial charge in [-0.2, -0.15) is 4.98 Å². The number of fused-ring (bicyclic) bond motifs is 4. The molecular formula is C21H16ClN3O5. The van der Waals surface area contributed by atoms with Crippen LogP contribution in [0.3, 0.4) is 0 Å². The van der Waals surface area contributed by atoms with Gasteiger partial charge in [-0.1, -0.05) is 11.6 Å². The Balaban J connectivity index is 1.49. The number of aryl methyl sites for hydroxylation is 1. The molecule has 0 radical (unpaired) electrons. The molecule has 2 aliphatic rings. The van der Waals surface area contributed by atoms with Gasteiger partial charge in [-0.25, -0.2) is 9.59 Å². The number of esters is 1. The summed E-state index contributed by atoms with van der Waals surface area (Å²) in [4.78, 5) is 49.7. The number of aromatic amines is 1. The van der Waals surface area contributed by atoms with Crippen LogP contribution in [0.25, 0.3) is 10.9 Å². The molecule has 30 heavy (non-hydrogen) atoms. The van der Waals surface area contributed by atoms with Gasteiger partial charge in [0, 0.05) is 51.7 Å². The molecule has 0 saturated carbocycles. The molecular weight excluding hydrogens is 410 g/mol. The molecule has 0 amide bonds. The molecule has 3 aromatic rings. The summed E-state index contributed by atoms with van der Waals surface area (Å²) < 4.78 is 6.29. The van der Waals surface area contributed by atoms with Crippen molar-refractivity contribution >= 4 is 40.2 Å². The quantitative estimate of drug-likeness (QED) is 0.500. The van der Waals surface area contributed by atoms with E-state index in [1.165, 1.54) is 0 Å². The average molecular weight is 426 g/mol. The summed E-state index contributed by atoms with van der Waals surface area (Å²) in [5.74, 6) is -1.71. The number of hydrogen-bond donors (Lipinski definition) is 1. The van der Waals surface area contributed by atoms with Gasteiger partial charge >= 0.3 is 17.9 Å². The third-order valence-corrected chi connectivity index (χ3v) is 5.68. The fourth-order valence-corrected chi connectivity index (χ4v) is 4.27. The van der Waals surface area contributed by atoms with Crippen LogP contribution in [0.1, 0.15) is 33.9 Å². The highest BCUT2D eigenvalue weighted by molar-refractivity contribution is 6.31. The number of H-pyrrole nitrogens is 1. The van der Waals surface area contributed by atoms with Crippen molar-refractivity contribution in [2.24, 2.45) is 5.92 Å². The molecule has 9 heteroatoms. The zero-order valence-electron chi connectivity index (χ0n) is 15.9. The number of carbonyl (C=O) groups excluding carboxylic acids is 3. The summed E-state index contributed by atoms with van der Waals surface area (Å²) >= 11 is 6.14. The molecule has 3 heterocycles. The predicted molar refractivity (Wildman–Crippen MR) is 106 cm³/mol. The average Bonchev–Trinajstić information content (AvgIpc) is 3.20. The Kier molecular flexibility index (Phi) is 4.25. The van der Waals surface area contributed by atoms with Crippen LogP contribution in [0.4, 0.5) is 0 Å². The van der Waals surface area contributed by atoms with Gasteiger partial charge in [0.25, 0.3) is 0 Å².